The summed E-state index contributed by atoms with van der Waals surface area (Å²) in [7, 11) is 1.69. The van der Waals surface area contributed by atoms with Gasteiger partial charge in [0.05, 0.1) is 11.1 Å². The Bertz CT molecular complexity index is 673. The van der Waals surface area contributed by atoms with Gasteiger partial charge in [-0.1, -0.05) is 30.3 Å². The van der Waals surface area contributed by atoms with Crippen molar-refractivity contribution >= 4 is 0 Å². The van der Waals surface area contributed by atoms with Crippen LogP contribution in [0.1, 0.15) is 22.3 Å². The summed E-state index contributed by atoms with van der Waals surface area (Å²) in [6.45, 7) is 0.583. The number of hydrogen-bond acceptors (Lipinski definition) is 1. The molecule has 0 aliphatic carbocycles. The lowest BCUT2D eigenvalue weighted by atomic mass is 10.1. The van der Waals surface area contributed by atoms with E-state index < -0.39 is 23.5 Å². The number of rotatable bonds is 4. The highest BCUT2D eigenvalue weighted by Gasteiger charge is 2.31. The molecule has 0 spiro atoms. The molecule has 0 aromatic heterocycles. The van der Waals surface area contributed by atoms with Crippen LogP contribution in [0.2, 0.25) is 0 Å². The fourth-order valence-corrected chi connectivity index (χ4v) is 2.32. The predicted octanol–water partition coefficient (Wildman–Crippen LogP) is 5.36. The third-order valence-electron chi connectivity index (χ3n) is 3.44. The quantitative estimate of drug-likeness (QED) is 0.674. The van der Waals surface area contributed by atoms with Crippen LogP contribution in [-0.4, -0.2) is 11.9 Å². The van der Waals surface area contributed by atoms with E-state index in [1.165, 1.54) is 18.2 Å². The summed E-state index contributed by atoms with van der Waals surface area (Å²) in [6, 6.07) is 9.71. The van der Waals surface area contributed by atoms with Crippen molar-refractivity contribution in [2.45, 2.75) is 25.4 Å². The molecule has 2 rings (SSSR count). The van der Waals surface area contributed by atoms with E-state index in [-0.39, 0.29) is 6.54 Å². The molecule has 0 amide bonds. The molecular weight excluding hydrogens is 332 g/mol. The highest BCUT2D eigenvalue weighted by molar-refractivity contribution is 5.26. The molecule has 0 heterocycles. The number of nitrogens with zero attached hydrogens (tertiary/aromatic N) is 1. The van der Waals surface area contributed by atoms with Crippen LogP contribution >= 0.6 is 0 Å². The second kappa shape index (κ2) is 6.84. The standard InChI is InChI=1S/C17H15F6N/c1-24(10-12-5-7-14(8-6-12)16(18,19)20)11-13-3-2-4-15(9-13)17(21,22)23/h2-9H,10-11H2,1H3. The Morgan fingerprint density at radius 1 is 0.708 bits per heavy atom. The number of alkyl halides is 6. The van der Waals surface area contributed by atoms with Crippen molar-refractivity contribution in [2.75, 3.05) is 7.05 Å². The summed E-state index contributed by atoms with van der Waals surface area (Å²) in [5, 5.41) is 0. The van der Waals surface area contributed by atoms with Gasteiger partial charge in [-0.05, 0) is 36.4 Å². The van der Waals surface area contributed by atoms with Crippen molar-refractivity contribution in [3.05, 3.63) is 70.8 Å². The zero-order chi connectivity index (χ0) is 18.0. The highest BCUT2D eigenvalue weighted by atomic mass is 19.4. The Hall–Kier alpha value is -2.02. The summed E-state index contributed by atoms with van der Waals surface area (Å²) < 4.78 is 75.5. The van der Waals surface area contributed by atoms with Gasteiger partial charge < -0.3 is 0 Å². The highest BCUT2D eigenvalue weighted by Crippen LogP contribution is 2.30. The second-order valence-corrected chi connectivity index (χ2v) is 5.57. The summed E-state index contributed by atoms with van der Waals surface area (Å²) in [5.74, 6) is 0. The molecule has 130 valence electrons. The van der Waals surface area contributed by atoms with Crippen LogP contribution in [0.15, 0.2) is 48.5 Å². The van der Waals surface area contributed by atoms with Crippen LogP contribution in [0.25, 0.3) is 0 Å². The first-order chi connectivity index (χ1) is 11.1. The van der Waals surface area contributed by atoms with Gasteiger partial charge in [-0.2, -0.15) is 26.3 Å². The van der Waals surface area contributed by atoms with Crippen molar-refractivity contribution < 1.29 is 26.3 Å². The first-order valence-corrected chi connectivity index (χ1v) is 7.06. The van der Waals surface area contributed by atoms with Gasteiger partial charge in [-0.15, -0.1) is 0 Å². The van der Waals surface area contributed by atoms with Crippen molar-refractivity contribution in [2.24, 2.45) is 0 Å². The van der Waals surface area contributed by atoms with Gasteiger partial charge in [0.15, 0.2) is 0 Å². The Kier molecular flexibility index (Phi) is 5.22. The second-order valence-electron chi connectivity index (χ2n) is 5.57. The average Bonchev–Trinajstić information content (AvgIpc) is 2.46. The maximum Gasteiger partial charge on any atom is 0.416 e. The minimum absolute atomic E-state index is 0.255. The molecule has 0 radical (unpaired) electrons. The minimum Gasteiger partial charge on any atom is -0.298 e. The number of halogens is 6. The summed E-state index contributed by atoms with van der Waals surface area (Å²) in [6.07, 6.45) is -8.79. The van der Waals surface area contributed by atoms with Gasteiger partial charge >= 0.3 is 12.4 Å². The Morgan fingerprint density at radius 2 is 1.25 bits per heavy atom. The molecule has 0 unspecified atom stereocenters. The van der Waals surface area contributed by atoms with Gasteiger partial charge in [0.2, 0.25) is 0 Å². The largest absolute Gasteiger partial charge is 0.416 e. The molecule has 0 bridgehead atoms. The van der Waals surface area contributed by atoms with Crippen LogP contribution in [0.5, 0.6) is 0 Å². The molecule has 0 fully saturated rings. The maximum absolute atomic E-state index is 12.7. The fraction of sp³-hybridized carbons (Fsp3) is 0.294. The lowest BCUT2D eigenvalue weighted by Gasteiger charge is -2.18. The van der Waals surface area contributed by atoms with E-state index >= 15 is 0 Å². The zero-order valence-electron chi connectivity index (χ0n) is 12.7. The van der Waals surface area contributed by atoms with Crippen molar-refractivity contribution in [3.63, 3.8) is 0 Å². The first kappa shape index (κ1) is 18.3. The molecule has 7 heteroatoms. The molecule has 2 aromatic rings. The molecule has 0 atom stereocenters. The maximum atomic E-state index is 12.7. The molecule has 0 N–H and O–H groups in total. The van der Waals surface area contributed by atoms with Gasteiger partial charge in [0.25, 0.3) is 0 Å². The van der Waals surface area contributed by atoms with Gasteiger partial charge in [0.1, 0.15) is 0 Å². The van der Waals surface area contributed by atoms with Crippen LogP contribution in [0.4, 0.5) is 26.3 Å². The summed E-state index contributed by atoms with van der Waals surface area (Å²) >= 11 is 0. The molecule has 0 aliphatic heterocycles. The molecule has 0 saturated carbocycles. The lowest BCUT2D eigenvalue weighted by Crippen LogP contribution is -2.18. The Morgan fingerprint density at radius 3 is 1.79 bits per heavy atom. The van der Waals surface area contributed by atoms with Crippen LogP contribution in [-0.2, 0) is 25.4 Å². The number of hydrogen-bond donors (Lipinski definition) is 0. The van der Waals surface area contributed by atoms with Gasteiger partial charge in [-0.25, -0.2) is 0 Å². The van der Waals surface area contributed by atoms with Gasteiger partial charge in [-0.3, -0.25) is 4.90 Å². The third kappa shape index (κ3) is 4.99. The molecule has 0 aliphatic rings. The van der Waals surface area contributed by atoms with E-state index in [9.17, 15) is 26.3 Å². The molecule has 24 heavy (non-hydrogen) atoms. The molecular formula is C17H15F6N. The van der Waals surface area contributed by atoms with Crippen LogP contribution in [0, 0.1) is 0 Å². The van der Waals surface area contributed by atoms with E-state index in [0.29, 0.717) is 17.7 Å². The molecule has 2 aromatic carbocycles. The normalized spacial score (nSPS) is 12.7. The van der Waals surface area contributed by atoms with E-state index in [2.05, 4.69) is 0 Å². The monoisotopic (exact) mass is 347 g/mol. The Labute approximate surface area is 135 Å². The smallest absolute Gasteiger partial charge is 0.298 e. The van der Waals surface area contributed by atoms with Crippen molar-refractivity contribution in [3.8, 4) is 0 Å². The SMILES string of the molecule is CN(Cc1ccc(C(F)(F)F)cc1)Cc1cccc(C(F)(F)F)c1. The number of benzene rings is 2. The minimum atomic E-state index is -4.40. The van der Waals surface area contributed by atoms with Crippen LogP contribution < -0.4 is 0 Å². The summed E-state index contributed by atoms with van der Waals surface area (Å²) in [5.41, 5.74) is -0.313. The Balaban J connectivity index is 2.02. The predicted molar refractivity (Wildman–Crippen MR) is 78.1 cm³/mol. The molecule has 1 nitrogen and oxygen atoms in total. The van der Waals surface area contributed by atoms with E-state index in [0.717, 1.165) is 24.3 Å². The first-order valence-electron chi connectivity index (χ1n) is 7.06. The zero-order valence-corrected chi connectivity index (χ0v) is 12.7. The lowest BCUT2D eigenvalue weighted by molar-refractivity contribution is -0.138. The van der Waals surface area contributed by atoms with E-state index in [4.69, 9.17) is 0 Å². The topological polar surface area (TPSA) is 3.24 Å². The fourth-order valence-electron chi connectivity index (χ4n) is 2.32. The van der Waals surface area contributed by atoms with Crippen molar-refractivity contribution in [1.29, 1.82) is 0 Å². The van der Waals surface area contributed by atoms with Gasteiger partial charge in [0, 0.05) is 13.1 Å². The summed E-state index contributed by atoms with van der Waals surface area (Å²) in [4.78, 5) is 1.73. The average molecular weight is 347 g/mol. The van der Waals surface area contributed by atoms with E-state index in [1.54, 1.807) is 18.0 Å². The van der Waals surface area contributed by atoms with Crippen LogP contribution in [0.3, 0.4) is 0 Å². The third-order valence-corrected chi connectivity index (χ3v) is 3.44. The molecule has 0 saturated heterocycles. The van der Waals surface area contributed by atoms with E-state index in [1.807, 2.05) is 0 Å². The van der Waals surface area contributed by atoms with Crippen molar-refractivity contribution in [1.82, 2.24) is 4.90 Å².